The summed E-state index contributed by atoms with van der Waals surface area (Å²) in [6, 6.07) is 0. The Morgan fingerprint density at radius 1 is 0.833 bits per heavy atom. The third kappa shape index (κ3) is 8.31. The Bertz CT molecular complexity index is 393. The molecule has 0 saturated carbocycles. The van der Waals surface area contributed by atoms with Gasteiger partial charge in [-0.15, -0.1) is 0 Å². The molecule has 0 aromatic carbocycles. The van der Waals surface area contributed by atoms with Crippen LogP contribution in [-0.2, 0) is 19.1 Å². The number of unbranched alkanes of at least 4 members (excludes halogenated alkanes) is 4. The maximum Gasteiger partial charge on any atom is 0.308 e. The number of esters is 1. The van der Waals surface area contributed by atoms with Crippen molar-refractivity contribution >= 4 is 17.9 Å². The number of ether oxygens (including phenoxy) is 1. The van der Waals surface area contributed by atoms with E-state index in [4.69, 9.17) is 4.74 Å². The van der Waals surface area contributed by atoms with Crippen molar-refractivity contribution in [3.8, 4) is 0 Å². The number of carboxylic acids is 2. The van der Waals surface area contributed by atoms with Gasteiger partial charge >= 0.3 is 17.9 Å². The van der Waals surface area contributed by atoms with Crippen LogP contribution in [0, 0.1) is 17.8 Å². The molecule has 24 heavy (non-hydrogen) atoms. The smallest absolute Gasteiger partial charge is 0.308 e. The quantitative estimate of drug-likeness (QED) is 0.368. The molecule has 0 amide bonds. The van der Waals surface area contributed by atoms with Crippen molar-refractivity contribution in [1.29, 1.82) is 0 Å². The first kappa shape index (κ1) is 22.4. The molecule has 2 N–H and O–H groups in total. The van der Waals surface area contributed by atoms with E-state index in [0.717, 1.165) is 25.7 Å². The van der Waals surface area contributed by atoms with Crippen molar-refractivity contribution < 1.29 is 29.3 Å². The Hall–Kier alpha value is -1.59. The third-order valence-electron chi connectivity index (χ3n) is 4.42. The van der Waals surface area contributed by atoms with E-state index in [2.05, 4.69) is 6.92 Å². The summed E-state index contributed by atoms with van der Waals surface area (Å²) in [6.45, 7) is 5.90. The zero-order valence-electron chi connectivity index (χ0n) is 15.1. The average molecular weight is 344 g/mol. The van der Waals surface area contributed by atoms with Crippen LogP contribution >= 0.6 is 0 Å². The minimum Gasteiger partial charge on any atom is -0.481 e. The molecule has 3 unspecified atom stereocenters. The molecule has 0 heterocycles. The van der Waals surface area contributed by atoms with Crippen LogP contribution in [0.1, 0.15) is 72.1 Å². The molecule has 0 radical (unpaired) electrons. The van der Waals surface area contributed by atoms with E-state index < -0.39 is 35.7 Å². The topological polar surface area (TPSA) is 101 Å². The fourth-order valence-corrected chi connectivity index (χ4v) is 2.80. The standard InChI is InChI=1S/C18H32O6/c1-4-7-8-9-10-11-24-18(23)13(5-2)12-15(17(21)22)14(6-3)16(19)20/h13-15H,4-12H2,1-3H3,(H,19,20)(H,21,22). The first-order chi connectivity index (χ1) is 11.4. The molecule has 0 aromatic rings. The zero-order chi connectivity index (χ0) is 18.5. The molecule has 140 valence electrons. The Kier molecular flexibility index (Phi) is 11.9. The van der Waals surface area contributed by atoms with Gasteiger partial charge in [0.05, 0.1) is 24.4 Å². The van der Waals surface area contributed by atoms with Crippen LogP contribution in [0.5, 0.6) is 0 Å². The van der Waals surface area contributed by atoms with Gasteiger partial charge in [-0.1, -0.05) is 46.5 Å². The van der Waals surface area contributed by atoms with E-state index in [1.165, 1.54) is 6.42 Å². The minimum atomic E-state index is -1.17. The van der Waals surface area contributed by atoms with E-state index in [9.17, 15) is 24.6 Å². The van der Waals surface area contributed by atoms with E-state index in [-0.39, 0.29) is 12.8 Å². The highest BCUT2D eigenvalue weighted by molar-refractivity contribution is 5.81. The van der Waals surface area contributed by atoms with Crippen LogP contribution in [0.25, 0.3) is 0 Å². The fourth-order valence-electron chi connectivity index (χ4n) is 2.80. The summed E-state index contributed by atoms with van der Waals surface area (Å²) in [4.78, 5) is 34.8. The van der Waals surface area contributed by atoms with Crippen LogP contribution in [-0.4, -0.2) is 34.7 Å². The van der Waals surface area contributed by atoms with E-state index in [0.29, 0.717) is 13.0 Å². The van der Waals surface area contributed by atoms with Gasteiger partial charge in [-0.3, -0.25) is 14.4 Å². The monoisotopic (exact) mass is 344 g/mol. The summed E-state index contributed by atoms with van der Waals surface area (Å²) < 4.78 is 5.25. The van der Waals surface area contributed by atoms with Gasteiger partial charge in [0.1, 0.15) is 0 Å². The Morgan fingerprint density at radius 3 is 1.88 bits per heavy atom. The minimum absolute atomic E-state index is 0.00527. The highest BCUT2D eigenvalue weighted by Gasteiger charge is 2.36. The molecule has 0 aliphatic heterocycles. The Labute approximate surface area is 144 Å². The lowest BCUT2D eigenvalue weighted by molar-refractivity contribution is -0.157. The molecule has 3 atom stereocenters. The van der Waals surface area contributed by atoms with Gasteiger partial charge in [-0.25, -0.2) is 0 Å². The SMILES string of the molecule is CCCCCCCOC(=O)C(CC)CC(C(=O)O)C(CC)C(=O)O. The van der Waals surface area contributed by atoms with Crippen LogP contribution in [0.2, 0.25) is 0 Å². The number of hydrogen-bond donors (Lipinski definition) is 2. The van der Waals surface area contributed by atoms with Gasteiger partial charge in [0.15, 0.2) is 0 Å². The van der Waals surface area contributed by atoms with Crippen molar-refractivity contribution in [3.63, 3.8) is 0 Å². The summed E-state index contributed by atoms with van der Waals surface area (Å²) in [7, 11) is 0. The number of carbonyl (C=O) groups is 3. The highest BCUT2D eigenvalue weighted by atomic mass is 16.5. The molecular formula is C18H32O6. The van der Waals surface area contributed by atoms with Crippen LogP contribution < -0.4 is 0 Å². The predicted molar refractivity (Wildman–Crippen MR) is 90.7 cm³/mol. The number of aliphatic carboxylic acids is 2. The van der Waals surface area contributed by atoms with Crippen LogP contribution in [0.4, 0.5) is 0 Å². The lowest BCUT2D eigenvalue weighted by atomic mass is 9.82. The van der Waals surface area contributed by atoms with Gasteiger partial charge in [0.2, 0.25) is 0 Å². The molecule has 0 rings (SSSR count). The van der Waals surface area contributed by atoms with Crippen LogP contribution in [0.3, 0.4) is 0 Å². The fraction of sp³-hybridized carbons (Fsp3) is 0.833. The second-order valence-corrected chi connectivity index (χ2v) is 6.22. The Balaban J connectivity index is 4.55. The lowest BCUT2D eigenvalue weighted by Crippen LogP contribution is -2.33. The first-order valence-corrected chi connectivity index (χ1v) is 9.01. The van der Waals surface area contributed by atoms with Crippen molar-refractivity contribution in [1.82, 2.24) is 0 Å². The Morgan fingerprint density at radius 2 is 1.42 bits per heavy atom. The molecule has 6 nitrogen and oxygen atoms in total. The summed E-state index contributed by atoms with van der Waals surface area (Å²) in [5, 5.41) is 18.5. The summed E-state index contributed by atoms with van der Waals surface area (Å²) >= 11 is 0. The van der Waals surface area contributed by atoms with E-state index in [1.807, 2.05) is 0 Å². The van der Waals surface area contributed by atoms with Gasteiger partial charge < -0.3 is 14.9 Å². The number of hydrogen-bond acceptors (Lipinski definition) is 4. The molecule has 0 aliphatic carbocycles. The maximum absolute atomic E-state index is 12.1. The molecule has 0 aromatic heterocycles. The van der Waals surface area contributed by atoms with Crippen molar-refractivity contribution in [2.24, 2.45) is 17.8 Å². The average Bonchev–Trinajstić information content (AvgIpc) is 2.53. The van der Waals surface area contributed by atoms with Crippen molar-refractivity contribution in [2.75, 3.05) is 6.61 Å². The summed E-state index contributed by atoms with van der Waals surface area (Å²) in [6.07, 6.45) is 5.90. The highest BCUT2D eigenvalue weighted by Crippen LogP contribution is 2.27. The molecule has 6 heteroatoms. The molecular weight excluding hydrogens is 312 g/mol. The number of carboxylic acid groups (broad SMARTS) is 2. The molecule has 0 saturated heterocycles. The normalized spacial score (nSPS) is 14.6. The van der Waals surface area contributed by atoms with Gasteiger partial charge in [0, 0.05) is 0 Å². The zero-order valence-corrected chi connectivity index (χ0v) is 15.1. The summed E-state index contributed by atoms with van der Waals surface area (Å²) in [5.74, 6) is -5.36. The van der Waals surface area contributed by atoms with E-state index in [1.54, 1.807) is 13.8 Å². The molecule has 0 fully saturated rings. The van der Waals surface area contributed by atoms with Crippen LogP contribution in [0.15, 0.2) is 0 Å². The number of carbonyl (C=O) groups excluding carboxylic acids is 1. The first-order valence-electron chi connectivity index (χ1n) is 9.01. The maximum atomic E-state index is 12.1. The summed E-state index contributed by atoms with van der Waals surface area (Å²) in [5.41, 5.74) is 0. The molecule has 0 bridgehead atoms. The van der Waals surface area contributed by atoms with E-state index >= 15 is 0 Å². The largest absolute Gasteiger partial charge is 0.481 e. The van der Waals surface area contributed by atoms with Crippen molar-refractivity contribution in [3.05, 3.63) is 0 Å². The van der Waals surface area contributed by atoms with Gasteiger partial charge in [0.25, 0.3) is 0 Å². The van der Waals surface area contributed by atoms with Crippen molar-refractivity contribution in [2.45, 2.75) is 72.1 Å². The third-order valence-corrected chi connectivity index (χ3v) is 4.42. The number of rotatable bonds is 14. The van der Waals surface area contributed by atoms with Gasteiger partial charge in [-0.05, 0) is 25.7 Å². The second-order valence-electron chi connectivity index (χ2n) is 6.22. The molecule has 0 aliphatic rings. The van der Waals surface area contributed by atoms with Gasteiger partial charge in [-0.2, -0.15) is 0 Å². The predicted octanol–water partition coefficient (Wildman–Crippen LogP) is 3.73. The molecule has 0 spiro atoms. The lowest BCUT2D eigenvalue weighted by Gasteiger charge is -2.23. The second kappa shape index (κ2) is 12.8.